The Morgan fingerprint density at radius 3 is 2.67 bits per heavy atom. The van der Waals surface area contributed by atoms with Gasteiger partial charge in [-0.25, -0.2) is 0 Å². The number of amides is 1. The largest absolute Gasteiger partial charge is 0.393 e. The van der Waals surface area contributed by atoms with Crippen molar-refractivity contribution in [2.24, 2.45) is 11.7 Å². The summed E-state index contributed by atoms with van der Waals surface area (Å²) in [5.74, 6) is 0.702. The van der Waals surface area contributed by atoms with Gasteiger partial charge in [-0.3, -0.25) is 4.79 Å². The molecule has 0 spiro atoms. The van der Waals surface area contributed by atoms with Gasteiger partial charge in [0.1, 0.15) is 0 Å². The van der Waals surface area contributed by atoms with Crippen LogP contribution in [0, 0.1) is 5.92 Å². The highest BCUT2D eigenvalue weighted by atomic mass is 16.3. The first-order chi connectivity index (χ1) is 7.13. The quantitative estimate of drug-likeness (QED) is 0.627. The molecule has 88 valence electrons. The molecule has 1 aliphatic carbocycles. The Morgan fingerprint density at radius 2 is 2.13 bits per heavy atom. The van der Waals surface area contributed by atoms with E-state index in [1.54, 1.807) is 4.90 Å². The summed E-state index contributed by atoms with van der Waals surface area (Å²) in [7, 11) is 1.84. The molecular weight excluding hydrogens is 192 g/mol. The minimum Gasteiger partial charge on any atom is -0.393 e. The van der Waals surface area contributed by atoms with Crippen LogP contribution in [0.15, 0.2) is 0 Å². The molecule has 0 aromatic heterocycles. The normalized spacial score (nSPS) is 24.7. The lowest BCUT2D eigenvalue weighted by atomic mass is 9.82. The van der Waals surface area contributed by atoms with Gasteiger partial charge < -0.3 is 15.7 Å². The number of carbonyl (C=O) groups excluding carboxylic acids is 1. The van der Waals surface area contributed by atoms with Gasteiger partial charge in [-0.05, 0) is 38.1 Å². The van der Waals surface area contributed by atoms with Crippen LogP contribution in [0.1, 0.15) is 32.1 Å². The van der Waals surface area contributed by atoms with Crippen molar-refractivity contribution < 1.29 is 9.90 Å². The lowest BCUT2D eigenvalue weighted by Gasteiger charge is -2.34. The minimum atomic E-state index is -0.129. The fourth-order valence-electron chi connectivity index (χ4n) is 1.95. The Balaban J connectivity index is 2.10. The monoisotopic (exact) mass is 214 g/mol. The van der Waals surface area contributed by atoms with Crippen molar-refractivity contribution in [3.63, 3.8) is 0 Å². The number of hydrogen-bond acceptors (Lipinski definition) is 3. The maximum atomic E-state index is 11.6. The van der Waals surface area contributed by atoms with Gasteiger partial charge in [0.25, 0.3) is 0 Å². The molecule has 0 aromatic rings. The molecule has 0 aromatic carbocycles. The maximum absolute atomic E-state index is 11.6. The molecule has 1 amide bonds. The number of hydrogen-bond donors (Lipinski definition) is 2. The summed E-state index contributed by atoms with van der Waals surface area (Å²) >= 11 is 0. The zero-order valence-electron chi connectivity index (χ0n) is 9.48. The molecule has 0 aliphatic heterocycles. The Hall–Kier alpha value is -0.610. The molecule has 15 heavy (non-hydrogen) atoms. The number of aliphatic hydroxyl groups is 1. The number of aliphatic hydroxyl groups excluding tert-OH is 1. The summed E-state index contributed by atoms with van der Waals surface area (Å²) in [5, 5.41) is 9.13. The molecular formula is C11H22N2O2. The van der Waals surface area contributed by atoms with Gasteiger partial charge in [0.05, 0.1) is 6.10 Å². The zero-order valence-corrected chi connectivity index (χ0v) is 9.48. The van der Waals surface area contributed by atoms with E-state index >= 15 is 0 Å². The van der Waals surface area contributed by atoms with Crippen molar-refractivity contribution in [3.05, 3.63) is 0 Å². The van der Waals surface area contributed by atoms with Crippen molar-refractivity contribution in [2.75, 3.05) is 20.1 Å². The molecule has 1 aliphatic rings. The van der Waals surface area contributed by atoms with E-state index in [-0.39, 0.29) is 12.0 Å². The van der Waals surface area contributed by atoms with Crippen molar-refractivity contribution in [2.45, 2.75) is 38.2 Å². The molecule has 0 radical (unpaired) electrons. The average molecular weight is 214 g/mol. The second-order valence-corrected chi connectivity index (χ2v) is 4.51. The third-order valence-corrected chi connectivity index (χ3v) is 3.01. The van der Waals surface area contributed by atoms with E-state index in [1.807, 2.05) is 7.05 Å². The van der Waals surface area contributed by atoms with E-state index in [2.05, 4.69) is 0 Å². The Morgan fingerprint density at radius 1 is 1.47 bits per heavy atom. The van der Waals surface area contributed by atoms with Gasteiger partial charge >= 0.3 is 0 Å². The molecule has 0 heterocycles. The summed E-state index contributed by atoms with van der Waals surface area (Å²) in [6, 6.07) is 0. The number of carbonyl (C=O) groups is 1. The van der Waals surface area contributed by atoms with Gasteiger partial charge in [0, 0.05) is 20.0 Å². The SMILES string of the molecule is CN(CC1CC(O)C1)C(=O)CCCCN. The molecule has 0 saturated heterocycles. The highest BCUT2D eigenvalue weighted by Gasteiger charge is 2.28. The number of rotatable bonds is 6. The third kappa shape index (κ3) is 4.18. The van der Waals surface area contributed by atoms with Crippen molar-refractivity contribution in [3.8, 4) is 0 Å². The van der Waals surface area contributed by atoms with Crippen LogP contribution in [0.4, 0.5) is 0 Å². The zero-order chi connectivity index (χ0) is 11.3. The summed E-state index contributed by atoms with van der Waals surface area (Å²) in [4.78, 5) is 13.4. The number of nitrogens with two attached hydrogens (primary N) is 1. The lowest BCUT2D eigenvalue weighted by molar-refractivity contribution is -0.131. The summed E-state index contributed by atoms with van der Waals surface area (Å²) in [6.07, 6.45) is 3.97. The third-order valence-electron chi connectivity index (χ3n) is 3.01. The first kappa shape index (κ1) is 12.5. The van der Waals surface area contributed by atoms with Crippen LogP contribution in [0.3, 0.4) is 0 Å². The van der Waals surface area contributed by atoms with Crippen LogP contribution in [0.25, 0.3) is 0 Å². The Labute approximate surface area is 91.4 Å². The van der Waals surface area contributed by atoms with Gasteiger partial charge in [0.15, 0.2) is 0 Å². The highest BCUT2D eigenvalue weighted by molar-refractivity contribution is 5.75. The van der Waals surface area contributed by atoms with Crippen LogP contribution < -0.4 is 5.73 Å². The van der Waals surface area contributed by atoms with E-state index in [1.165, 1.54) is 0 Å². The van der Waals surface area contributed by atoms with Crippen LogP contribution in [0.5, 0.6) is 0 Å². The fraction of sp³-hybridized carbons (Fsp3) is 0.909. The van der Waals surface area contributed by atoms with E-state index in [9.17, 15) is 4.79 Å². The van der Waals surface area contributed by atoms with Crippen molar-refractivity contribution >= 4 is 5.91 Å². The molecule has 3 N–H and O–H groups in total. The maximum Gasteiger partial charge on any atom is 0.222 e. The van der Waals surface area contributed by atoms with Crippen molar-refractivity contribution in [1.82, 2.24) is 4.90 Å². The molecule has 0 unspecified atom stereocenters. The Kier molecular flexibility index (Phi) is 5.05. The summed E-state index contributed by atoms with van der Waals surface area (Å²) in [5.41, 5.74) is 5.36. The van der Waals surface area contributed by atoms with Gasteiger partial charge in [-0.1, -0.05) is 0 Å². The van der Waals surface area contributed by atoms with Crippen LogP contribution in [0.2, 0.25) is 0 Å². The summed E-state index contributed by atoms with van der Waals surface area (Å²) in [6.45, 7) is 1.45. The van der Waals surface area contributed by atoms with E-state index in [0.717, 1.165) is 32.2 Å². The molecule has 1 rings (SSSR count). The van der Waals surface area contributed by atoms with Gasteiger partial charge in [-0.2, -0.15) is 0 Å². The smallest absolute Gasteiger partial charge is 0.222 e. The fourth-order valence-corrected chi connectivity index (χ4v) is 1.95. The second-order valence-electron chi connectivity index (χ2n) is 4.51. The van der Waals surface area contributed by atoms with Crippen LogP contribution in [-0.4, -0.2) is 42.2 Å². The first-order valence-corrected chi connectivity index (χ1v) is 5.75. The van der Waals surface area contributed by atoms with E-state index in [4.69, 9.17) is 10.8 Å². The molecule has 1 saturated carbocycles. The molecule has 4 heteroatoms. The number of nitrogens with zero attached hydrogens (tertiary/aromatic N) is 1. The van der Waals surface area contributed by atoms with Gasteiger partial charge in [-0.15, -0.1) is 0 Å². The highest BCUT2D eigenvalue weighted by Crippen LogP contribution is 2.27. The molecule has 0 atom stereocenters. The van der Waals surface area contributed by atoms with Crippen LogP contribution >= 0.6 is 0 Å². The Bertz CT molecular complexity index is 203. The lowest BCUT2D eigenvalue weighted by Crippen LogP contribution is -2.39. The average Bonchev–Trinajstić information content (AvgIpc) is 2.15. The molecule has 0 bridgehead atoms. The van der Waals surface area contributed by atoms with E-state index in [0.29, 0.717) is 18.9 Å². The van der Waals surface area contributed by atoms with Crippen LogP contribution in [-0.2, 0) is 4.79 Å². The molecule has 1 fully saturated rings. The minimum absolute atomic E-state index is 0.129. The second kappa shape index (κ2) is 6.08. The van der Waals surface area contributed by atoms with E-state index < -0.39 is 0 Å². The standard InChI is InChI=1S/C11H22N2O2/c1-13(8-9-6-10(14)7-9)11(15)4-2-3-5-12/h9-10,14H,2-8,12H2,1H3. The van der Waals surface area contributed by atoms with Gasteiger partial charge in [0.2, 0.25) is 5.91 Å². The number of unbranched alkanes of at least 4 members (excludes halogenated alkanes) is 1. The predicted molar refractivity (Wildman–Crippen MR) is 59.3 cm³/mol. The van der Waals surface area contributed by atoms with Crippen molar-refractivity contribution in [1.29, 1.82) is 0 Å². The first-order valence-electron chi connectivity index (χ1n) is 5.75. The topological polar surface area (TPSA) is 66.6 Å². The molecule has 4 nitrogen and oxygen atoms in total. The predicted octanol–water partition coefficient (Wildman–Crippen LogP) is 0.345. The summed E-state index contributed by atoms with van der Waals surface area (Å²) < 4.78 is 0.